The SMILES string of the molecule is COC(CN)CCNC(C)c1nc(C)cs1. The van der Waals surface area contributed by atoms with Gasteiger partial charge in [-0.1, -0.05) is 0 Å². The van der Waals surface area contributed by atoms with Gasteiger partial charge in [0.05, 0.1) is 12.1 Å². The van der Waals surface area contributed by atoms with Gasteiger partial charge in [-0.05, 0) is 26.8 Å². The van der Waals surface area contributed by atoms with Gasteiger partial charge in [-0.25, -0.2) is 4.98 Å². The third-order valence-corrected chi connectivity index (χ3v) is 3.67. The van der Waals surface area contributed by atoms with Gasteiger partial charge in [0, 0.05) is 24.7 Å². The monoisotopic (exact) mass is 243 g/mol. The highest BCUT2D eigenvalue weighted by molar-refractivity contribution is 7.09. The predicted molar refractivity (Wildman–Crippen MR) is 67.7 cm³/mol. The van der Waals surface area contributed by atoms with Crippen LogP contribution in [-0.2, 0) is 4.74 Å². The van der Waals surface area contributed by atoms with Crippen molar-refractivity contribution in [3.63, 3.8) is 0 Å². The van der Waals surface area contributed by atoms with Gasteiger partial charge in [0.2, 0.25) is 0 Å². The number of ether oxygens (including phenoxy) is 1. The summed E-state index contributed by atoms with van der Waals surface area (Å²) in [6, 6.07) is 0.300. The van der Waals surface area contributed by atoms with Crippen molar-refractivity contribution in [2.24, 2.45) is 5.73 Å². The van der Waals surface area contributed by atoms with Crippen LogP contribution in [0.3, 0.4) is 0 Å². The molecule has 5 heteroatoms. The molecule has 1 rings (SSSR count). The molecule has 1 aromatic rings. The van der Waals surface area contributed by atoms with Crippen LogP contribution >= 0.6 is 11.3 Å². The molecule has 2 atom stereocenters. The fraction of sp³-hybridized carbons (Fsp3) is 0.727. The number of nitrogens with zero attached hydrogens (tertiary/aromatic N) is 1. The molecule has 4 nitrogen and oxygen atoms in total. The van der Waals surface area contributed by atoms with Crippen molar-refractivity contribution in [2.45, 2.75) is 32.4 Å². The lowest BCUT2D eigenvalue weighted by molar-refractivity contribution is 0.101. The van der Waals surface area contributed by atoms with Gasteiger partial charge in [-0.15, -0.1) is 11.3 Å². The third-order valence-electron chi connectivity index (χ3n) is 2.52. The first-order valence-corrected chi connectivity index (χ1v) is 6.43. The quantitative estimate of drug-likeness (QED) is 0.761. The van der Waals surface area contributed by atoms with Crippen molar-refractivity contribution in [1.29, 1.82) is 0 Å². The highest BCUT2D eigenvalue weighted by atomic mass is 32.1. The molecule has 2 unspecified atom stereocenters. The zero-order valence-corrected chi connectivity index (χ0v) is 11.0. The summed E-state index contributed by atoms with van der Waals surface area (Å²) in [7, 11) is 1.70. The van der Waals surface area contributed by atoms with Crippen molar-refractivity contribution in [1.82, 2.24) is 10.3 Å². The van der Waals surface area contributed by atoms with E-state index in [0.717, 1.165) is 23.7 Å². The van der Waals surface area contributed by atoms with Gasteiger partial charge in [0.15, 0.2) is 0 Å². The van der Waals surface area contributed by atoms with E-state index in [1.54, 1.807) is 18.4 Å². The molecule has 0 saturated heterocycles. The Labute approximate surface area is 101 Å². The van der Waals surface area contributed by atoms with Crippen molar-refractivity contribution in [2.75, 3.05) is 20.2 Å². The fourth-order valence-electron chi connectivity index (χ4n) is 1.45. The van der Waals surface area contributed by atoms with E-state index < -0.39 is 0 Å². The maximum atomic E-state index is 5.55. The molecule has 0 aliphatic rings. The summed E-state index contributed by atoms with van der Waals surface area (Å²) < 4.78 is 5.21. The minimum atomic E-state index is 0.151. The molecular weight excluding hydrogens is 222 g/mol. The van der Waals surface area contributed by atoms with Gasteiger partial charge in [0.1, 0.15) is 5.01 Å². The molecule has 3 N–H and O–H groups in total. The second kappa shape index (κ2) is 6.96. The standard InChI is InChI=1S/C11H21N3OS/c1-8-7-16-11(14-8)9(2)13-5-4-10(6-12)15-3/h7,9-10,13H,4-6,12H2,1-3H3. The molecule has 0 bridgehead atoms. The molecule has 0 spiro atoms. The molecule has 0 radical (unpaired) electrons. The van der Waals surface area contributed by atoms with Crippen molar-refractivity contribution in [3.8, 4) is 0 Å². The number of aromatic nitrogens is 1. The topological polar surface area (TPSA) is 60.2 Å². The molecule has 92 valence electrons. The number of aryl methyl sites for hydroxylation is 1. The van der Waals surface area contributed by atoms with Gasteiger partial charge < -0.3 is 15.8 Å². The van der Waals surface area contributed by atoms with E-state index >= 15 is 0 Å². The Morgan fingerprint density at radius 3 is 2.88 bits per heavy atom. The largest absolute Gasteiger partial charge is 0.380 e. The fourth-order valence-corrected chi connectivity index (χ4v) is 2.28. The number of hydrogen-bond donors (Lipinski definition) is 2. The van der Waals surface area contributed by atoms with Crippen molar-refractivity contribution < 1.29 is 4.74 Å². The van der Waals surface area contributed by atoms with Crippen molar-refractivity contribution in [3.05, 3.63) is 16.1 Å². The number of hydrogen-bond acceptors (Lipinski definition) is 5. The maximum absolute atomic E-state index is 5.55. The lowest BCUT2D eigenvalue weighted by atomic mass is 10.2. The highest BCUT2D eigenvalue weighted by Gasteiger charge is 2.10. The minimum Gasteiger partial charge on any atom is -0.380 e. The summed E-state index contributed by atoms with van der Waals surface area (Å²) in [6.07, 6.45) is 1.08. The van der Waals surface area contributed by atoms with Gasteiger partial charge in [0.25, 0.3) is 0 Å². The average Bonchev–Trinajstić information content (AvgIpc) is 2.71. The van der Waals surface area contributed by atoms with E-state index in [1.807, 2.05) is 6.92 Å². The lowest BCUT2D eigenvalue weighted by Crippen LogP contribution is -2.28. The van der Waals surface area contributed by atoms with Crippen molar-refractivity contribution >= 4 is 11.3 Å². The number of methoxy groups -OCH3 is 1. The molecule has 0 aliphatic heterocycles. The Kier molecular flexibility index (Phi) is 5.90. The molecule has 1 aromatic heterocycles. The van der Waals surface area contributed by atoms with Gasteiger partial charge in [-0.3, -0.25) is 0 Å². The van der Waals surface area contributed by atoms with Crippen LogP contribution in [0.5, 0.6) is 0 Å². The average molecular weight is 243 g/mol. The Bertz CT molecular complexity index is 299. The number of rotatable bonds is 7. The van der Waals surface area contributed by atoms with Crippen LogP contribution in [0.4, 0.5) is 0 Å². The minimum absolute atomic E-state index is 0.151. The maximum Gasteiger partial charge on any atom is 0.110 e. The number of nitrogens with two attached hydrogens (primary N) is 1. The lowest BCUT2D eigenvalue weighted by Gasteiger charge is -2.15. The summed E-state index contributed by atoms with van der Waals surface area (Å²) >= 11 is 1.70. The van der Waals surface area contributed by atoms with Crippen LogP contribution in [0.25, 0.3) is 0 Å². The van der Waals surface area contributed by atoms with Gasteiger partial charge >= 0.3 is 0 Å². The highest BCUT2D eigenvalue weighted by Crippen LogP contribution is 2.17. The first-order valence-electron chi connectivity index (χ1n) is 5.55. The van der Waals surface area contributed by atoms with E-state index in [1.165, 1.54) is 0 Å². The molecular formula is C11H21N3OS. The summed E-state index contributed by atoms with van der Waals surface area (Å²) in [6.45, 7) is 5.61. The second-order valence-electron chi connectivity index (χ2n) is 3.89. The molecule has 16 heavy (non-hydrogen) atoms. The summed E-state index contributed by atoms with van der Waals surface area (Å²) in [5.41, 5.74) is 6.64. The van der Waals surface area contributed by atoms with Crippen LogP contribution in [0, 0.1) is 6.92 Å². The summed E-state index contributed by atoms with van der Waals surface area (Å²) in [5, 5.41) is 6.64. The number of thiazole rings is 1. The van der Waals surface area contributed by atoms with Crippen LogP contribution in [0.15, 0.2) is 5.38 Å². The Morgan fingerprint density at radius 2 is 2.38 bits per heavy atom. The molecule has 0 aromatic carbocycles. The second-order valence-corrected chi connectivity index (χ2v) is 4.77. The molecule has 0 fully saturated rings. The summed E-state index contributed by atoms with van der Waals surface area (Å²) in [5.74, 6) is 0. The first kappa shape index (κ1) is 13.6. The normalized spacial score (nSPS) is 15.0. The molecule has 0 saturated carbocycles. The van der Waals surface area contributed by atoms with E-state index in [9.17, 15) is 0 Å². The van der Waals surface area contributed by atoms with Crippen LogP contribution < -0.4 is 11.1 Å². The first-order chi connectivity index (χ1) is 7.67. The zero-order chi connectivity index (χ0) is 12.0. The van der Waals surface area contributed by atoms with E-state index in [0.29, 0.717) is 12.6 Å². The molecule has 0 amide bonds. The Hall–Kier alpha value is -0.490. The van der Waals surface area contributed by atoms with Gasteiger partial charge in [-0.2, -0.15) is 0 Å². The van der Waals surface area contributed by atoms with E-state index in [2.05, 4.69) is 22.6 Å². The third kappa shape index (κ3) is 4.17. The molecule has 1 heterocycles. The predicted octanol–water partition coefficient (Wildman–Crippen LogP) is 1.47. The number of nitrogens with one attached hydrogen (secondary N) is 1. The molecule has 0 aliphatic carbocycles. The Morgan fingerprint density at radius 1 is 1.62 bits per heavy atom. The van der Waals surface area contributed by atoms with Crippen LogP contribution in [0.2, 0.25) is 0 Å². The van der Waals surface area contributed by atoms with E-state index in [4.69, 9.17) is 10.5 Å². The smallest absolute Gasteiger partial charge is 0.110 e. The van der Waals surface area contributed by atoms with E-state index in [-0.39, 0.29) is 6.10 Å². The van der Waals surface area contributed by atoms with Crippen LogP contribution in [-0.4, -0.2) is 31.3 Å². The summed E-state index contributed by atoms with van der Waals surface area (Å²) in [4.78, 5) is 4.45. The Balaban J connectivity index is 2.27. The zero-order valence-electron chi connectivity index (χ0n) is 10.2. The van der Waals surface area contributed by atoms with Crippen LogP contribution in [0.1, 0.15) is 30.1 Å².